The molecule has 0 unspecified atom stereocenters. The van der Waals surface area contributed by atoms with E-state index >= 15 is 0 Å². The van der Waals surface area contributed by atoms with Gasteiger partial charge >= 0.3 is 5.97 Å². The first kappa shape index (κ1) is 14.9. The number of rotatable bonds is 6. The topological polar surface area (TPSA) is 69.4 Å². The van der Waals surface area contributed by atoms with Gasteiger partial charge in [-0.25, -0.2) is 0 Å². The molecule has 0 saturated heterocycles. The third-order valence-corrected chi connectivity index (χ3v) is 2.53. The summed E-state index contributed by atoms with van der Waals surface area (Å²) in [6.45, 7) is 3.48. The van der Waals surface area contributed by atoms with Crippen LogP contribution in [0, 0.1) is 17.0 Å². The molecule has 0 radical (unpaired) electrons. The number of carbonyl (C=O) groups is 1. The van der Waals surface area contributed by atoms with Crippen molar-refractivity contribution in [2.75, 3.05) is 6.61 Å². The van der Waals surface area contributed by atoms with Crippen molar-refractivity contribution in [1.29, 1.82) is 0 Å². The first-order valence-corrected chi connectivity index (χ1v) is 6.04. The highest BCUT2D eigenvalue weighted by Gasteiger charge is 2.10. The number of benzene rings is 1. The van der Waals surface area contributed by atoms with Crippen molar-refractivity contribution in [1.82, 2.24) is 0 Å². The van der Waals surface area contributed by atoms with Crippen molar-refractivity contribution in [3.05, 3.63) is 51.2 Å². The van der Waals surface area contributed by atoms with E-state index in [1.165, 1.54) is 6.92 Å². The lowest BCUT2D eigenvalue weighted by atomic mass is 10.1. The minimum Gasteiger partial charge on any atom is -0.466 e. The number of aryl methyl sites for hydroxylation is 1. The van der Waals surface area contributed by atoms with Crippen molar-refractivity contribution in [3.8, 4) is 0 Å². The third kappa shape index (κ3) is 5.81. The average Bonchev–Trinajstić information content (AvgIpc) is 2.35. The predicted molar refractivity (Wildman–Crippen MR) is 72.0 cm³/mol. The van der Waals surface area contributed by atoms with Gasteiger partial charge in [0.2, 0.25) is 5.70 Å². The van der Waals surface area contributed by atoms with Crippen molar-refractivity contribution < 1.29 is 14.5 Å². The Morgan fingerprint density at radius 1 is 1.37 bits per heavy atom. The van der Waals surface area contributed by atoms with Crippen LogP contribution in [0.3, 0.4) is 0 Å². The summed E-state index contributed by atoms with van der Waals surface area (Å²) in [4.78, 5) is 21.1. The number of ether oxygens (including phenoxy) is 1. The van der Waals surface area contributed by atoms with Crippen LogP contribution >= 0.6 is 0 Å². The van der Waals surface area contributed by atoms with Crippen molar-refractivity contribution in [2.45, 2.75) is 26.7 Å². The quantitative estimate of drug-likeness (QED) is 0.342. The molecule has 0 aromatic heterocycles. The molecule has 5 heteroatoms. The smallest absolute Gasteiger partial charge is 0.302 e. The van der Waals surface area contributed by atoms with Crippen LogP contribution in [0.15, 0.2) is 30.0 Å². The van der Waals surface area contributed by atoms with E-state index in [9.17, 15) is 14.9 Å². The highest BCUT2D eigenvalue weighted by molar-refractivity contribution is 5.65. The molecule has 0 amide bonds. The SMILES string of the molecule is CC(=O)OCCCC(=Cc1ccc(C)cc1)[N+](=O)[O-]. The van der Waals surface area contributed by atoms with Crippen molar-refractivity contribution >= 4 is 12.0 Å². The fourth-order valence-corrected chi connectivity index (χ4v) is 1.54. The van der Waals surface area contributed by atoms with Crippen molar-refractivity contribution in [2.24, 2.45) is 0 Å². The molecule has 0 bridgehead atoms. The van der Waals surface area contributed by atoms with Gasteiger partial charge in [0.1, 0.15) is 0 Å². The molecule has 0 aliphatic heterocycles. The molecule has 0 aliphatic carbocycles. The van der Waals surface area contributed by atoms with Crippen LogP contribution in [0.25, 0.3) is 6.08 Å². The van der Waals surface area contributed by atoms with Crippen LogP contribution in [-0.2, 0) is 9.53 Å². The zero-order chi connectivity index (χ0) is 14.3. The molecule has 0 saturated carbocycles. The Labute approximate surface area is 112 Å². The number of allylic oxidation sites excluding steroid dienone is 1. The molecule has 1 rings (SSSR count). The third-order valence-electron chi connectivity index (χ3n) is 2.53. The second kappa shape index (κ2) is 7.31. The summed E-state index contributed by atoms with van der Waals surface area (Å²) in [7, 11) is 0. The molecule has 5 nitrogen and oxygen atoms in total. The van der Waals surface area contributed by atoms with Gasteiger partial charge in [-0.05, 0) is 18.9 Å². The van der Waals surface area contributed by atoms with E-state index in [0.717, 1.165) is 11.1 Å². The molecule has 0 heterocycles. The number of nitro groups is 1. The fraction of sp³-hybridized carbons (Fsp3) is 0.357. The molecule has 0 spiro atoms. The van der Waals surface area contributed by atoms with Gasteiger partial charge < -0.3 is 4.74 Å². The van der Waals surface area contributed by atoms with Crippen molar-refractivity contribution in [3.63, 3.8) is 0 Å². The lowest BCUT2D eigenvalue weighted by molar-refractivity contribution is -0.426. The molecule has 1 aromatic carbocycles. The average molecular weight is 263 g/mol. The maximum atomic E-state index is 10.9. The number of hydrogen-bond donors (Lipinski definition) is 0. The highest BCUT2D eigenvalue weighted by Crippen LogP contribution is 2.13. The lowest BCUT2D eigenvalue weighted by Gasteiger charge is -2.01. The summed E-state index contributed by atoms with van der Waals surface area (Å²) < 4.78 is 4.75. The first-order chi connectivity index (χ1) is 8.99. The van der Waals surface area contributed by atoms with E-state index in [0.29, 0.717) is 6.42 Å². The van der Waals surface area contributed by atoms with E-state index in [4.69, 9.17) is 4.74 Å². The number of nitrogens with zero attached hydrogens (tertiary/aromatic N) is 1. The summed E-state index contributed by atoms with van der Waals surface area (Å²) in [6, 6.07) is 7.49. The van der Waals surface area contributed by atoms with Gasteiger partial charge in [0.25, 0.3) is 0 Å². The molecule has 0 aliphatic rings. The van der Waals surface area contributed by atoms with E-state index in [2.05, 4.69) is 0 Å². The van der Waals surface area contributed by atoms with Gasteiger partial charge in [-0.3, -0.25) is 14.9 Å². The van der Waals surface area contributed by atoms with E-state index < -0.39 is 4.92 Å². The Balaban J connectivity index is 2.64. The van der Waals surface area contributed by atoms with Crippen LogP contribution in [0.5, 0.6) is 0 Å². The van der Waals surface area contributed by atoms with E-state index in [1.807, 2.05) is 31.2 Å². The summed E-state index contributed by atoms with van der Waals surface area (Å²) in [5.41, 5.74) is 2.02. The molecule has 0 atom stereocenters. The molecule has 19 heavy (non-hydrogen) atoms. The maximum Gasteiger partial charge on any atom is 0.302 e. The zero-order valence-corrected chi connectivity index (χ0v) is 11.1. The summed E-state index contributed by atoms with van der Waals surface area (Å²) >= 11 is 0. The van der Waals surface area contributed by atoms with E-state index in [-0.39, 0.29) is 24.7 Å². The van der Waals surface area contributed by atoms with Gasteiger partial charge in [-0.1, -0.05) is 29.8 Å². The summed E-state index contributed by atoms with van der Waals surface area (Å²) in [5, 5.41) is 10.9. The first-order valence-electron chi connectivity index (χ1n) is 6.04. The Kier molecular flexibility index (Phi) is 5.73. The standard InChI is InChI=1S/C14H17NO4/c1-11-5-7-13(8-6-11)10-14(15(17)18)4-3-9-19-12(2)16/h5-8,10H,3-4,9H2,1-2H3. The molecular formula is C14H17NO4. The van der Waals surface area contributed by atoms with Crippen LogP contribution in [0.4, 0.5) is 0 Å². The largest absolute Gasteiger partial charge is 0.466 e. The number of carbonyl (C=O) groups excluding carboxylic acids is 1. The molecule has 0 N–H and O–H groups in total. The fourth-order valence-electron chi connectivity index (χ4n) is 1.54. The Hall–Kier alpha value is -2.17. The number of hydrogen-bond acceptors (Lipinski definition) is 4. The second-order valence-corrected chi connectivity index (χ2v) is 4.25. The summed E-state index contributed by atoms with van der Waals surface area (Å²) in [6.07, 6.45) is 2.26. The summed E-state index contributed by atoms with van der Waals surface area (Å²) in [5.74, 6) is -0.370. The van der Waals surface area contributed by atoms with Gasteiger partial charge in [-0.15, -0.1) is 0 Å². The molecule has 1 aromatic rings. The Morgan fingerprint density at radius 3 is 2.53 bits per heavy atom. The van der Waals surface area contributed by atoms with Gasteiger partial charge in [0, 0.05) is 19.4 Å². The lowest BCUT2D eigenvalue weighted by Crippen LogP contribution is -2.04. The van der Waals surface area contributed by atoms with E-state index in [1.54, 1.807) is 6.08 Å². The molecule has 0 fully saturated rings. The molecule has 102 valence electrons. The van der Waals surface area contributed by atoms with Gasteiger partial charge in [-0.2, -0.15) is 0 Å². The molecular weight excluding hydrogens is 246 g/mol. The second-order valence-electron chi connectivity index (χ2n) is 4.25. The van der Waals surface area contributed by atoms with Crippen LogP contribution in [0.2, 0.25) is 0 Å². The zero-order valence-electron chi connectivity index (χ0n) is 11.1. The normalized spacial score (nSPS) is 11.2. The van der Waals surface area contributed by atoms with Gasteiger partial charge in [0.05, 0.1) is 11.5 Å². The Bertz CT molecular complexity index is 477. The minimum atomic E-state index is -0.395. The van der Waals surface area contributed by atoms with Crippen LogP contribution in [-0.4, -0.2) is 17.5 Å². The minimum absolute atomic E-state index is 0.121. The monoisotopic (exact) mass is 263 g/mol. The maximum absolute atomic E-state index is 10.9. The van der Waals surface area contributed by atoms with Gasteiger partial charge in [0.15, 0.2) is 0 Å². The predicted octanol–water partition coefficient (Wildman–Crippen LogP) is 2.96. The number of esters is 1. The highest BCUT2D eigenvalue weighted by atomic mass is 16.6. The van der Waals surface area contributed by atoms with Crippen LogP contribution < -0.4 is 0 Å². The Morgan fingerprint density at radius 2 is 2.00 bits per heavy atom. The van der Waals surface area contributed by atoms with Crippen LogP contribution in [0.1, 0.15) is 30.9 Å².